The van der Waals surface area contributed by atoms with Crippen LogP contribution in [0.3, 0.4) is 0 Å². The average molecular weight is 452 g/mol. The minimum absolute atomic E-state index is 0.0190. The number of carboxylic acids is 1. The zero-order valence-corrected chi connectivity index (χ0v) is 19.0. The molecule has 0 spiro atoms. The number of hydrogen-bond donors (Lipinski definition) is 5. The normalized spacial score (nSPS) is 22.2. The minimum Gasteiger partial charge on any atom is -0.481 e. The van der Waals surface area contributed by atoms with E-state index in [0.717, 1.165) is 0 Å². The first-order chi connectivity index (χ1) is 14.8. The maximum atomic E-state index is 13.4. The Morgan fingerprint density at radius 2 is 2.09 bits per heavy atom. The molecule has 0 radical (unpaired) electrons. The number of nitrogens with zero attached hydrogens (tertiary/aromatic N) is 2. The first kappa shape index (κ1) is 25.7. The SMILES string of the molecule is CC(C)(C)OC(=O)N[C@@H](Cc1cnc[nH]1)C(=O)N1C[C@@H](CCB(O)O)C[C@](C)(C(=O)O)C1. The number of alkyl carbamates (subject to hydrolysis) is 1. The molecule has 2 heterocycles. The predicted molar refractivity (Wildman–Crippen MR) is 115 cm³/mol. The second-order valence-electron chi connectivity index (χ2n) is 9.69. The Bertz CT molecular complexity index is 796. The van der Waals surface area contributed by atoms with Gasteiger partial charge in [0.05, 0.1) is 11.7 Å². The van der Waals surface area contributed by atoms with Gasteiger partial charge in [0.25, 0.3) is 0 Å². The lowest BCUT2D eigenvalue weighted by Crippen LogP contribution is -2.57. The lowest BCUT2D eigenvalue weighted by molar-refractivity contribution is -0.156. The van der Waals surface area contributed by atoms with Gasteiger partial charge in [0.1, 0.15) is 11.6 Å². The van der Waals surface area contributed by atoms with Crippen LogP contribution in [0.2, 0.25) is 6.32 Å². The number of H-pyrrole nitrogens is 1. The number of carbonyl (C=O) groups is 3. The molecule has 3 atom stereocenters. The van der Waals surface area contributed by atoms with Crippen molar-refractivity contribution in [3.8, 4) is 0 Å². The van der Waals surface area contributed by atoms with Crippen LogP contribution >= 0.6 is 0 Å². The largest absolute Gasteiger partial charge is 0.481 e. The molecule has 1 aromatic heterocycles. The summed E-state index contributed by atoms with van der Waals surface area (Å²) in [4.78, 5) is 46.1. The van der Waals surface area contributed by atoms with Crippen molar-refractivity contribution in [3.63, 3.8) is 0 Å². The molecule has 1 aromatic rings. The Labute approximate surface area is 187 Å². The molecular weight excluding hydrogens is 419 g/mol. The van der Waals surface area contributed by atoms with Gasteiger partial charge >= 0.3 is 19.2 Å². The topological polar surface area (TPSA) is 165 Å². The first-order valence-electron chi connectivity index (χ1n) is 10.6. The van der Waals surface area contributed by atoms with Crippen molar-refractivity contribution in [2.24, 2.45) is 11.3 Å². The van der Waals surface area contributed by atoms with Crippen LogP contribution in [0.1, 0.15) is 46.2 Å². The molecule has 11 nitrogen and oxygen atoms in total. The molecule has 1 aliphatic heterocycles. The number of amides is 2. The summed E-state index contributed by atoms with van der Waals surface area (Å²) >= 11 is 0. The molecule has 1 saturated heterocycles. The van der Waals surface area contributed by atoms with Crippen LogP contribution in [0.15, 0.2) is 12.5 Å². The molecule has 1 aliphatic rings. The van der Waals surface area contributed by atoms with Gasteiger partial charge in [0.2, 0.25) is 5.91 Å². The fraction of sp³-hybridized carbons (Fsp3) is 0.700. The third-order valence-electron chi connectivity index (χ3n) is 5.39. The number of aromatic amines is 1. The second kappa shape index (κ2) is 10.3. The molecule has 0 aromatic carbocycles. The van der Waals surface area contributed by atoms with Gasteiger partial charge in [0.15, 0.2) is 0 Å². The minimum atomic E-state index is -1.50. The Balaban J connectivity index is 2.23. The molecule has 178 valence electrons. The first-order valence-corrected chi connectivity index (χ1v) is 10.6. The fourth-order valence-corrected chi connectivity index (χ4v) is 3.95. The van der Waals surface area contributed by atoms with Crippen LogP contribution in [0, 0.1) is 11.3 Å². The van der Waals surface area contributed by atoms with Gasteiger partial charge in [-0.3, -0.25) is 9.59 Å². The summed E-state index contributed by atoms with van der Waals surface area (Å²) in [5, 5.41) is 30.8. The number of aliphatic carboxylic acids is 1. The third kappa shape index (κ3) is 7.52. The highest BCUT2D eigenvalue weighted by molar-refractivity contribution is 6.40. The van der Waals surface area contributed by atoms with Crippen LogP contribution in [0.25, 0.3) is 0 Å². The average Bonchev–Trinajstić information content (AvgIpc) is 3.16. The number of hydrogen-bond acceptors (Lipinski definition) is 7. The smallest absolute Gasteiger partial charge is 0.451 e. The number of carbonyl (C=O) groups excluding carboxylic acids is 2. The summed E-state index contributed by atoms with van der Waals surface area (Å²) in [6.07, 6.45) is 3.11. The van der Waals surface area contributed by atoms with Crippen molar-refractivity contribution in [1.82, 2.24) is 20.2 Å². The van der Waals surface area contributed by atoms with Gasteiger partial charge in [-0.25, -0.2) is 9.78 Å². The summed E-state index contributed by atoms with van der Waals surface area (Å²) in [5.74, 6) is -1.70. The van der Waals surface area contributed by atoms with E-state index in [-0.39, 0.29) is 31.7 Å². The van der Waals surface area contributed by atoms with Gasteiger partial charge in [-0.2, -0.15) is 0 Å². The molecule has 0 aliphatic carbocycles. The zero-order chi connectivity index (χ0) is 24.1. The van der Waals surface area contributed by atoms with Gasteiger partial charge in [0, 0.05) is 31.4 Å². The highest BCUT2D eigenvalue weighted by Crippen LogP contribution is 2.36. The van der Waals surface area contributed by atoms with Crippen molar-refractivity contribution in [3.05, 3.63) is 18.2 Å². The predicted octanol–water partition coefficient (Wildman–Crippen LogP) is 0.648. The van der Waals surface area contributed by atoms with E-state index in [9.17, 15) is 29.5 Å². The molecule has 2 amide bonds. The van der Waals surface area contributed by atoms with Crippen LogP contribution in [0.4, 0.5) is 4.79 Å². The Morgan fingerprint density at radius 1 is 1.41 bits per heavy atom. The van der Waals surface area contributed by atoms with E-state index in [1.807, 2.05) is 0 Å². The molecule has 1 fully saturated rings. The summed E-state index contributed by atoms with van der Waals surface area (Å²) < 4.78 is 5.29. The van der Waals surface area contributed by atoms with E-state index in [1.54, 1.807) is 33.9 Å². The van der Waals surface area contributed by atoms with Crippen molar-refractivity contribution in [2.75, 3.05) is 13.1 Å². The number of rotatable bonds is 8. The number of carboxylic acid groups (broad SMARTS) is 1. The molecule has 0 saturated carbocycles. The van der Waals surface area contributed by atoms with Crippen molar-refractivity contribution < 1.29 is 34.3 Å². The van der Waals surface area contributed by atoms with E-state index in [2.05, 4.69) is 15.3 Å². The van der Waals surface area contributed by atoms with Crippen molar-refractivity contribution in [2.45, 2.75) is 64.9 Å². The van der Waals surface area contributed by atoms with E-state index in [4.69, 9.17) is 4.74 Å². The van der Waals surface area contributed by atoms with Gasteiger partial charge in [-0.15, -0.1) is 0 Å². The lowest BCUT2D eigenvalue weighted by Gasteiger charge is -2.43. The van der Waals surface area contributed by atoms with E-state index < -0.39 is 42.1 Å². The molecule has 0 unspecified atom stereocenters. The number of ether oxygens (including phenoxy) is 1. The number of likely N-dealkylation sites (tertiary alicyclic amines) is 1. The quantitative estimate of drug-likeness (QED) is 0.359. The fourth-order valence-electron chi connectivity index (χ4n) is 3.95. The summed E-state index contributed by atoms with van der Waals surface area (Å²) in [5.41, 5.74) is -1.32. The third-order valence-corrected chi connectivity index (χ3v) is 5.39. The number of aromatic nitrogens is 2. The van der Waals surface area contributed by atoms with Crippen molar-refractivity contribution >= 4 is 25.1 Å². The van der Waals surface area contributed by atoms with Gasteiger partial charge < -0.3 is 35.1 Å². The van der Waals surface area contributed by atoms with Gasteiger partial charge in [-0.05, 0) is 46.4 Å². The Morgan fingerprint density at radius 3 is 2.62 bits per heavy atom. The van der Waals surface area contributed by atoms with Gasteiger partial charge in [-0.1, -0.05) is 6.42 Å². The van der Waals surface area contributed by atoms with E-state index in [0.29, 0.717) is 18.5 Å². The summed E-state index contributed by atoms with van der Waals surface area (Å²) in [6.45, 7) is 6.94. The van der Waals surface area contributed by atoms with Crippen molar-refractivity contribution in [1.29, 1.82) is 0 Å². The summed E-state index contributed by atoms with van der Waals surface area (Å²) in [7, 11) is -1.50. The van der Waals surface area contributed by atoms with Crippen LogP contribution < -0.4 is 5.32 Å². The maximum absolute atomic E-state index is 13.4. The maximum Gasteiger partial charge on any atom is 0.451 e. The highest BCUT2D eigenvalue weighted by atomic mass is 16.6. The molecule has 12 heteroatoms. The van der Waals surface area contributed by atoms with Crippen LogP contribution in [-0.2, 0) is 20.7 Å². The lowest BCUT2D eigenvalue weighted by atomic mass is 9.72. The van der Waals surface area contributed by atoms with E-state index in [1.165, 1.54) is 11.2 Å². The molecule has 0 bridgehead atoms. The van der Waals surface area contributed by atoms with E-state index >= 15 is 0 Å². The van der Waals surface area contributed by atoms with Crippen LogP contribution in [0.5, 0.6) is 0 Å². The molecular formula is C20H33BN4O7. The second-order valence-corrected chi connectivity index (χ2v) is 9.69. The molecule has 2 rings (SSSR count). The monoisotopic (exact) mass is 452 g/mol. The summed E-state index contributed by atoms with van der Waals surface area (Å²) in [6, 6.07) is -0.995. The zero-order valence-electron chi connectivity index (χ0n) is 19.0. The standard InChI is InChI=1S/C20H33BN4O7/c1-19(2,3)32-18(29)24-15(7-14-9-22-12-23-14)16(26)25-10-13(5-6-21(30)31)8-20(4,11-25)17(27)28/h9,12-13,15,30-31H,5-8,10-11H2,1-4H3,(H,22,23)(H,24,29)(H,27,28)/t13-,15-,20-/m0/s1. The Hall–Kier alpha value is -2.60. The molecule has 5 N–H and O–H groups in total. The number of nitrogens with one attached hydrogen (secondary N) is 2. The number of piperidine rings is 1. The highest BCUT2D eigenvalue weighted by Gasteiger charge is 2.44. The molecule has 32 heavy (non-hydrogen) atoms. The number of imidazole rings is 1. The Kier molecular flexibility index (Phi) is 8.30. The van der Waals surface area contributed by atoms with Crippen LogP contribution in [-0.4, -0.2) is 79.8 Å².